The number of carbonyl (C=O) groups is 2. The minimum absolute atomic E-state index is 0.113. The zero-order valence-electron chi connectivity index (χ0n) is 16.1. The van der Waals surface area contributed by atoms with Gasteiger partial charge in [0.05, 0.1) is 6.04 Å². The normalized spacial score (nSPS) is 22.0. The smallest absolute Gasteiger partial charge is 0.410 e. The highest BCUT2D eigenvalue weighted by atomic mass is 19.1. The molecule has 0 aromatic heterocycles. The number of fused-ring (bicyclic) bond motifs is 1. The molecule has 1 aromatic rings. The van der Waals surface area contributed by atoms with Crippen LogP contribution in [0.15, 0.2) is 18.2 Å². The maximum atomic E-state index is 13.8. The topological polar surface area (TPSA) is 67.9 Å². The number of likely N-dealkylation sites (tertiary alicyclic amines) is 1. The third-order valence-corrected chi connectivity index (χ3v) is 4.77. The molecule has 0 aliphatic carbocycles. The molecule has 2 aliphatic rings. The van der Waals surface area contributed by atoms with Gasteiger partial charge in [-0.2, -0.15) is 0 Å². The Hall–Kier alpha value is -2.31. The summed E-state index contributed by atoms with van der Waals surface area (Å²) in [4.78, 5) is 26.6. The summed E-state index contributed by atoms with van der Waals surface area (Å²) in [7, 11) is 0. The van der Waals surface area contributed by atoms with Gasteiger partial charge in [-0.3, -0.25) is 4.79 Å². The maximum Gasteiger partial charge on any atom is 0.410 e. The number of hydrogen-bond donors (Lipinski definition) is 1. The fourth-order valence-corrected chi connectivity index (χ4v) is 3.48. The van der Waals surface area contributed by atoms with E-state index in [1.165, 1.54) is 6.07 Å². The third kappa shape index (κ3) is 4.70. The van der Waals surface area contributed by atoms with E-state index in [1.54, 1.807) is 17.0 Å². The minimum atomic E-state index is -0.740. The number of para-hydroxylation sites is 1. The van der Waals surface area contributed by atoms with Crippen LogP contribution in [-0.4, -0.2) is 47.7 Å². The third-order valence-electron chi connectivity index (χ3n) is 4.77. The van der Waals surface area contributed by atoms with E-state index in [1.807, 2.05) is 20.8 Å². The fraction of sp³-hybridized carbons (Fsp3) is 0.600. The number of nitrogens with zero attached hydrogens (tertiary/aromatic N) is 1. The Morgan fingerprint density at radius 3 is 2.81 bits per heavy atom. The molecule has 1 saturated heterocycles. The van der Waals surface area contributed by atoms with Gasteiger partial charge in [0.25, 0.3) is 5.91 Å². The molecule has 6 nitrogen and oxygen atoms in total. The first kappa shape index (κ1) is 19.5. The number of rotatable bonds is 3. The molecule has 7 heteroatoms. The molecule has 2 atom stereocenters. The van der Waals surface area contributed by atoms with Crippen molar-refractivity contribution in [3.05, 3.63) is 29.6 Å². The molecule has 2 amide bonds. The van der Waals surface area contributed by atoms with E-state index >= 15 is 0 Å². The Bertz CT molecular complexity index is 716. The van der Waals surface area contributed by atoms with Crippen molar-refractivity contribution in [2.75, 3.05) is 13.1 Å². The summed E-state index contributed by atoms with van der Waals surface area (Å²) in [5.74, 6) is -0.586. The predicted octanol–water partition coefficient (Wildman–Crippen LogP) is 3.04. The first-order chi connectivity index (χ1) is 12.7. The summed E-state index contributed by atoms with van der Waals surface area (Å²) in [6, 6.07) is 4.58. The second kappa shape index (κ2) is 7.74. The van der Waals surface area contributed by atoms with Crippen LogP contribution in [0.3, 0.4) is 0 Å². The lowest BCUT2D eigenvalue weighted by molar-refractivity contribution is -0.127. The van der Waals surface area contributed by atoms with E-state index in [-0.39, 0.29) is 23.8 Å². The molecular weight excluding hydrogens is 351 g/mol. The number of piperidine rings is 1. The quantitative estimate of drug-likeness (QED) is 0.878. The van der Waals surface area contributed by atoms with E-state index in [9.17, 15) is 14.0 Å². The average Bonchev–Trinajstić information content (AvgIpc) is 3.04. The number of amides is 2. The lowest BCUT2D eigenvalue weighted by Gasteiger charge is -2.36. The van der Waals surface area contributed by atoms with Crippen LogP contribution in [0, 0.1) is 5.82 Å². The Kier molecular flexibility index (Phi) is 5.58. The number of ether oxygens (including phenoxy) is 2. The van der Waals surface area contributed by atoms with Crippen LogP contribution >= 0.6 is 0 Å². The van der Waals surface area contributed by atoms with Crippen molar-refractivity contribution < 1.29 is 23.5 Å². The van der Waals surface area contributed by atoms with E-state index in [2.05, 4.69) is 5.32 Å². The molecule has 0 saturated carbocycles. The molecule has 1 N–H and O–H groups in total. The molecule has 2 heterocycles. The zero-order valence-corrected chi connectivity index (χ0v) is 16.1. The molecule has 0 radical (unpaired) electrons. The monoisotopic (exact) mass is 378 g/mol. The molecule has 27 heavy (non-hydrogen) atoms. The summed E-state index contributed by atoms with van der Waals surface area (Å²) < 4.78 is 24.7. The summed E-state index contributed by atoms with van der Waals surface area (Å²) >= 11 is 0. The maximum absolute atomic E-state index is 13.8. The second-order valence-electron chi connectivity index (χ2n) is 8.11. The van der Waals surface area contributed by atoms with E-state index in [4.69, 9.17) is 9.47 Å². The van der Waals surface area contributed by atoms with Crippen molar-refractivity contribution in [2.24, 2.45) is 0 Å². The van der Waals surface area contributed by atoms with Gasteiger partial charge in [-0.25, -0.2) is 9.18 Å². The van der Waals surface area contributed by atoms with Crippen molar-refractivity contribution in [1.82, 2.24) is 10.2 Å². The predicted molar refractivity (Wildman–Crippen MR) is 98.1 cm³/mol. The SMILES string of the molecule is CC(C)(C)OC(=O)N1CCCCC1CNC(=O)C1Cc2cccc(F)c2O1. The largest absolute Gasteiger partial charge is 0.477 e. The average molecular weight is 378 g/mol. The van der Waals surface area contributed by atoms with Crippen LogP contribution in [0.1, 0.15) is 45.6 Å². The molecule has 1 fully saturated rings. The second-order valence-corrected chi connectivity index (χ2v) is 8.11. The first-order valence-corrected chi connectivity index (χ1v) is 9.46. The lowest BCUT2D eigenvalue weighted by Crippen LogP contribution is -2.52. The molecular formula is C20H27FN2O4. The minimum Gasteiger partial charge on any atom is -0.477 e. The highest BCUT2D eigenvalue weighted by molar-refractivity contribution is 5.82. The van der Waals surface area contributed by atoms with Crippen LogP contribution in [0.25, 0.3) is 0 Å². The summed E-state index contributed by atoms with van der Waals surface area (Å²) in [6.45, 7) is 6.45. The molecule has 0 bridgehead atoms. The standard InChI is InChI=1S/C20H27FN2O4/c1-20(2,3)27-19(25)23-10-5-4-8-14(23)12-22-18(24)16-11-13-7-6-9-15(21)17(13)26-16/h6-7,9,14,16H,4-5,8,10-12H2,1-3H3,(H,22,24). The van der Waals surface area contributed by atoms with Crippen molar-refractivity contribution in [3.63, 3.8) is 0 Å². The van der Waals surface area contributed by atoms with E-state index in [0.717, 1.165) is 19.3 Å². The van der Waals surface area contributed by atoms with Gasteiger partial charge < -0.3 is 19.7 Å². The van der Waals surface area contributed by atoms with Gasteiger partial charge in [0, 0.05) is 25.1 Å². The van der Waals surface area contributed by atoms with E-state index in [0.29, 0.717) is 25.1 Å². The lowest BCUT2D eigenvalue weighted by atomic mass is 10.0. The highest BCUT2D eigenvalue weighted by Gasteiger charge is 2.34. The van der Waals surface area contributed by atoms with Crippen LogP contribution in [0.4, 0.5) is 9.18 Å². The number of halogens is 1. The van der Waals surface area contributed by atoms with Gasteiger partial charge in [0.2, 0.25) is 0 Å². The number of hydrogen-bond acceptors (Lipinski definition) is 4. The zero-order chi connectivity index (χ0) is 19.6. The molecule has 3 rings (SSSR count). The van der Waals surface area contributed by atoms with Crippen LogP contribution in [0.5, 0.6) is 5.75 Å². The Morgan fingerprint density at radius 2 is 2.11 bits per heavy atom. The van der Waals surface area contributed by atoms with Crippen molar-refractivity contribution in [2.45, 2.75) is 64.2 Å². The molecule has 2 unspecified atom stereocenters. The highest BCUT2D eigenvalue weighted by Crippen LogP contribution is 2.31. The van der Waals surface area contributed by atoms with Gasteiger partial charge in [0.15, 0.2) is 17.7 Å². The van der Waals surface area contributed by atoms with Gasteiger partial charge in [0.1, 0.15) is 5.60 Å². The molecule has 148 valence electrons. The Labute approximate surface area is 159 Å². The Morgan fingerprint density at radius 1 is 1.33 bits per heavy atom. The van der Waals surface area contributed by atoms with Gasteiger partial charge in [-0.15, -0.1) is 0 Å². The van der Waals surface area contributed by atoms with Crippen molar-refractivity contribution in [1.29, 1.82) is 0 Å². The summed E-state index contributed by atoms with van der Waals surface area (Å²) in [5.41, 5.74) is 0.138. The van der Waals surface area contributed by atoms with Gasteiger partial charge in [-0.1, -0.05) is 12.1 Å². The van der Waals surface area contributed by atoms with E-state index < -0.39 is 17.5 Å². The van der Waals surface area contributed by atoms with Gasteiger partial charge in [-0.05, 0) is 46.1 Å². The van der Waals surface area contributed by atoms with Crippen LogP contribution in [-0.2, 0) is 16.0 Å². The molecule has 1 aromatic carbocycles. The summed E-state index contributed by atoms with van der Waals surface area (Å²) in [5, 5.41) is 2.86. The number of carbonyl (C=O) groups excluding carboxylic acids is 2. The van der Waals surface area contributed by atoms with Crippen LogP contribution in [0.2, 0.25) is 0 Å². The fourth-order valence-electron chi connectivity index (χ4n) is 3.48. The number of benzene rings is 1. The molecule has 0 spiro atoms. The number of nitrogens with one attached hydrogen (secondary N) is 1. The first-order valence-electron chi connectivity index (χ1n) is 9.46. The van der Waals surface area contributed by atoms with Crippen LogP contribution < -0.4 is 10.1 Å². The van der Waals surface area contributed by atoms with Gasteiger partial charge >= 0.3 is 6.09 Å². The van der Waals surface area contributed by atoms with Crippen molar-refractivity contribution >= 4 is 12.0 Å². The summed E-state index contributed by atoms with van der Waals surface area (Å²) in [6.07, 6.45) is 1.98. The Balaban J connectivity index is 1.56. The van der Waals surface area contributed by atoms with Crippen molar-refractivity contribution in [3.8, 4) is 5.75 Å². The molecule has 2 aliphatic heterocycles.